The molecule has 1 saturated heterocycles. The second kappa shape index (κ2) is 4.54. The van der Waals surface area contributed by atoms with E-state index >= 15 is 0 Å². The van der Waals surface area contributed by atoms with Gasteiger partial charge in [-0.1, -0.05) is 22.9 Å². The molecule has 1 unspecified atom stereocenters. The standard InChI is InChI=1S/C12H17BrN2/c1-9-2-3-15(8-9)12-5-10(7-14)4-11(13)6-12/h4-6,9H,2-3,7-8,14H2,1H3. The average molecular weight is 269 g/mol. The normalized spacial score (nSPS) is 21.0. The zero-order chi connectivity index (χ0) is 10.8. The van der Waals surface area contributed by atoms with Gasteiger partial charge in [-0.3, -0.25) is 0 Å². The first-order valence-corrected chi connectivity index (χ1v) is 6.23. The van der Waals surface area contributed by atoms with E-state index in [1.807, 2.05) is 0 Å². The molecule has 0 bridgehead atoms. The largest absolute Gasteiger partial charge is 0.371 e. The quantitative estimate of drug-likeness (QED) is 0.894. The minimum atomic E-state index is 0.607. The predicted octanol–water partition coefficient (Wildman–Crippen LogP) is 2.75. The third-order valence-corrected chi connectivity index (χ3v) is 3.42. The van der Waals surface area contributed by atoms with Crippen LogP contribution in [0, 0.1) is 5.92 Å². The van der Waals surface area contributed by atoms with Gasteiger partial charge in [0.15, 0.2) is 0 Å². The van der Waals surface area contributed by atoms with Gasteiger partial charge < -0.3 is 10.6 Å². The van der Waals surface area contributed by atoms with E-state index in [-0.39, 0.29) is 0 Å². The molecule has 0 aromatic heterocycles. The summed E-state index contributed by atoms with van der Waals surface area (Å²) in [7, 11) is 0. The number of nitrogens with zero attached hydrogens (tertiary/aromatic N) is 1. The Labute approximate surface area is 99.6 Å². The Bertz CT molecular complexity index is 351. The van der Waals surface area contributed by atoms with Crippen LogP contribution >= 0.6 is 15.9 Å². The van der Waals surface area contributed by atoms with Gasteiger partial charge >= 0.3 is 0 Å². The van der Waals surface area contributed by atoms with E-state index in [2.05, 4.69) is 46.0 Å². The lowest BCUT2D eigenvalue weighted by Gasteiger charge is -2.19. The Morgan fingerprint density at radius 1 is 1.47 bits per heavy atom. The summed E-state index contributed by atoms with van der Waals surface area (Å²) in [6.45, 7) is 5.25. The topological polar surface area (TPSA) is 29.3 Å². The summed E-state index contributed by atoms with van der Waals surface area (Å²) in [5, 5.41) is 0. The van der Waals surface area contributed by atoms with E-state index in [9.17, 15) is 0 Å². The lowest BCUT2D eigenvalue weighted by molar-refractivity contribution is 0.659. The molecule has 0 aliphatic carbocycles. The fraction of sp³-hybridized carbons (Fsp3) is 0.500. The number of benzene rings is 1. The van der Waals surface area contributed by atoms with Crippen molar-refractivity contribution in [1.29, 1.82) is 0 Å². The van der Waals surface area contributed by atoms with E-state index in [0.717, 1.165) is 10.4 Å². The van der Waals surface area contributed by atoms with Crippen molar-refractivity contribution in [3.8, 4) is 0 Å². The van der Waals surface area contributed by atoms with Crippen molar-refractivity contribution < 1.29 is 0 Å². The molecule has 1 heterocycles. The molecule has 2 nitrogen and oxygen atoms in total. The highest BCUT2D eigenvalue weighted by molar-refractivity contribution is 9.10. The van der Waals surface area contributed by atoms with Crippen LogP contribution in [0.2, 0.25) is 0 Å². The number of halogens is 1. The van der Waals surface area contributed by atoms with Gasteiger partial charge in [-0.25, -0.2) is 0 Å². The van der Waals surface area contributed by atoms with Crippen molar-refractivity contribution in [3.63, 3.8) is 0 Å². The van der Waals surface area contributed by atoms with E-state index in [1.54, 1.807) is 0 Å². The van der Waals surface area contributed by atoms with Gasteiger partial charge in [-0.2, -0.15) is 0 Å². The summed E-state index contributed by atoms with van der Waals surface area (Å²) < 4.78 is 1.13. The molecule has 1 aliphatic heterocycles. The smallest absolute Gasteiger partial charge is 0.0380 e. The van der Waals surface area contributed by atoms with E-state index < -0.39 is 0 Å². The Kier molecular flexibility index (Phi) is 3.32. The highest BCUT2D eigenvalue weighted by atomic mass is 79.9. The molecule has 1 aliphatic rings. The average Bonchev–Trinajstić information content (AvgIpc) is 2.64. The molecule has 1 fully saturated rings. The second-order valence-corrected chi connectivity index (χ2v) is 5.28. The lowest BCUT2D eigenvalue weighted by atomic mass is 10.2. The Balaban J connectivity index is 2.24. The van der Waals surface area contributed by atoms with Gasteiger partial charge in [0.05, 0.1) is 0 Å². The third kappa shape index (κ3) is 2.52. The van der Waals surface area contributed by atoms with E-state index in [4.69, 9.17) is 5.73 Å². The summed E-state index contributed by atoms with van der Waals surface area (Å²) >= 11 is 3.53. The summed E-state index contributed by atoms with van der Waals surface area (Å²) in [5.41, 5.74) is 8.17. The van der Waals surface area contributed by atoms with E-state index in [0.29, 0.717) is 6.54 Å². The Morgan fingerprint density at radius 2 is 2.27 bits per heavy atom. The fourth-order valence-electron chi connectivity index (χ4n) is 2.10. The van der Waals surface area contributed by atoms with Gasteiger partial charge in [-0.05, 0) is 36.1 Å². The monoisotopic (exact) mass is 268 g/mol. The first-order valence-electron chi connectivity index (χ1n) is 5.43. The third-order valence-electron chi connectivity index (χ3n) is 2.97. The van der Waals surface area contributed by atoms with Crippen molar-refractivity contribution in [2.75, 3.05) is 18.0 Å². The van der Waals surface area contributed by atoms with Gasteiger partial charge in [-0.15, -0.1) is 0 Å². The first kappa shape index (κ1) is 11.0. The molecule has 1 aromatic carbocycles. The maximum absolute atomic E-state index is 5.67. The van der Waals surface area contributed by atoms with Crippen molar-refractivity contribution in [1.82, 2.24) is 0 Å². The van der Waals surface area contributed by atoms with Gasteiger partial charge in [0.25, 0.3) is 0 Å². The van der Waals surface area contributed by atoms with Crippen LogP contribution in [0.25, 0.3) is 0 Å². The molecular weight excluding hydrogens is 252 g/mol. The number of anilines is 1. The maximum Gasteiger partial charge on any atom is 0.0380 e. The Morgan fingerprint density at radius 3 is 2.87 bits per heavy atom. The minimum absolute atomic E-state index is 0.607. The van der Waals surface area contributed by atoms with Crippen LogP contribution in [0.15, 0.2) is 22.7 Å². The minimum Gasteiger partial charge on any atom is -0.371 e. The summed E-state index contributed by atoms with van der Waals surface area (Å²) in [5.74, 6) is 0.810. The van der Waals surface area contributed by atoms with Crippen LogP contribution in [-0.2, 0) is 6.54 Å². The molecule has 0 amide bonds. The highest BCUT2D eigenvalue weighted by Gasteiger charge is 2.19. The predicted molar refractivity (Wildman–Crippen MR) is 68.0 cm³/mol. The van der Waals surface area contributed by atoms with Crippen molar-refractivity contribution >= 4 is 21.6 Å². The molecule has 0 radical (unpaired) electrons. The zero-order valence-electron chi connectivity index (χ0n) is 9.04. The number of rotatable bonds is 2. The maximum atomic E-state index is 5.67. The van der Waals surface area contributed by atoms with Crippen molar-refractivity contribution in [2.24, 2.45) is 11.7 Å². The van der Waals surface area contributed by atoms with Crippen LogP contribution < -0.4 is 10.6 Å². The molecule has 1 atom stereocenters. The summed E-state index contributed by atoms with van der Waals surface area (Å²) in [4.78, 5) is 2.44. The summed E-state index contributed by atoms with van der Waals surface area (Å²) in [6.07, 6.45) is 1.30. The van der Waals surface area contributed by atoms with Crippen molar-refractivity contribution in [2.45, 2.75) is 19.9 Å². The van der Waals surface area contributed by atoms with Gasteiger partial charge in [0.1, 0.15) is 0 Å². The number of nitrogens with two attached hydrogens (primary N) is 1. The number of hydrogen-bond donors (Lipinski definition) is 1. The van der Waals surface area contributed by atoms with Crippen LogP contribution in [0.3, 0.4) is 0 Å². The van der Waals surface area contributed by atoms with Crippen molar-refractivity contribution in [3.05, 3.63) is 28.2 Å². The molecule has 0 saturated carbocycles. The second-order valence-electron chi connectivity index (χ2n) is 4.36. The highest BCUT2D eigenvalue weighted by Crippen LogP contribution is 2.27. The Hall–Kier alpha value is -0.540. The molecule has 15 heavy (non-hydrogen) atoms. The molecule has 0 spiro atoms. The van der Waals surface area contributed by atoms with E-state index in [1.165, 1.54) is 30.8 Å². The molecule has 2 N–H and O–H groups in total. The van der Waals surface area contributed by atoms with Crippen LogP contribution in [0.4, 0.5) is 5.69 Å². The zero-order valence-corrected chi connectivity index (χ0v) is 10.6. The molecule has 3 heteroatoms. The van der Waals surface area contributed by atoms with Crippen LogP contribution in [-0.4, -0.2) is 13.1 Å². The van der Waals surface area contributed by atoms with Crippen LogP contribution in [0.5, 0.6) is 0 Å². The SMILES string of the molecule is CC1CCN(c2cc(Br)cc(CN)c2)C1. The molecular formula is C12H17BrN2. The molecule has 2 rings (SSSR count). The van der Waals surface area contributed by atoms with Gasteiger partial charge in [0.2, 0.25) is 0 Å². The van der Waals surface area contributed by atoms with Crippen LogP contribution in [0.1, 0.15) is 18.9 Å². The van der Waals surface area contributed by atoms with Gasteiger partial charge in [0, 0.05) is 29.8 Å². The number of hydrogen-bond acceptors (Lipinski definition) is 2. The fourth-order valence-corrected chi connectivity index (χ4v) is 2.63. The lowest BCUT2D eigenvalue weighted by Crippen LogP contribution is -2.19. The summed E-state index contributed by atoms with van der Waals surface area (Å²) in [6, 6.07) is 6.46. The molecule has 82 valence electrons. The molecule has 1 aromatic rings. The first-order chi connectivity index (χ1) is 7.19.